The molecule has 1 aliphatic carbocycles. The Labute approximate surface area is 194 Å². The quantitative estimate of drug-likeness (QED) is 0.458. The number of hydrogen-bond acceptors (Lipinski definition) is 6. The van der Waals surface area contributed by atoms with E-state index in [1.165, 1.54) is 24.5 Å². The highest BCUT2D eigenvalue weighted by Crippen LogP contribution is 2.32. The Balaban J connectivity index is 1.54. The predicted octanol–water partition coefficient (Wildman–Crippen LogP) is 4.52. The molecule has 4 aromatic rings. The molecule has 5 rings (SSSR count). The van der Waals surface area contributed by atoms with Crippen molar-refractivity contribution in [3.63, 3.8) is 0 Å². The fourth-order valence-corrected chi connectivity index (χ4v) is 5.20. The second kappa shape index (κ2) is 8.61. The van der Waals surface area contributed by atoms with Crippen LogP contribution < -0.4 is 0 Å². The van der Waals surface area contributed by atoms with Gasteiger partial charge in [0.1, 0.15) is 6.33 Å². The summed E-state index contributed by atoms with van der Waals surface area (Å²) in [6.07, 6.45) is 2.88. The molecule has 33 heavy (non-hydrogen) atoms. The molecule has 0 fully saturated rings. The van der Waals surface area contributed by atoms with E-state index in [0.29, 0.717) is 21.2 Å². The number of thioether (sulfide) groups is 1. The lowest BCUT2D eigenvalue weighted by atomic mass is 9.94. The molecule has 0 aliphatic heterocycles. The number of fused-ring (bicyclic) bond motifs is 1. The standard InChI is InChI=1S/C24H16N4O3S2/c29-23-20-9-5-4-8-19(20)21(14-22(23)32-24-25-15-26-27-24)28-33(30,31)18-12-10-17(11-13-18)16-6-2-1-3-7-16/h1-15H,(H,25,26,27)/b28-21+. The summed E-state index contributed by atoms with van der Waals surface area (Å²) in [5.41, 5.74) is 2.93. The van der Waals surface area contributed by atoms with Crippen molar-refractivity contribution in [1.29, 1.82) is 0 Å². The van der Waals surface area contributed by atoms with Gasteiger partial charge in [-0.2, -0.15) is 12.8 Å². The van der Waals surface area contributed by atoms with Crippen molar-refractivity contribution in [2.24, 2.45) is 4.40 Å². The number of nitrogens with zero attached hydrogens (tertiary/aromatic N) is 3. The number of sulfonamides is 1. The van der Waals surface area contributed by atoms with Crippen LogP contribution in [0.2, 0.25) is 0 Å². The molecular weight excluding hydrogens is 456 g/mol. The normalized spacial score (nSPS) is 14.7. The molecule has 0 radical (unpaired) electrons. The Hall–Kier alpha value is -3.82. The van der Waals surface area contributed by atoms with E-state index in [-0.39, 0.29) is 16.4 Å². The van der Waals surface area contributed by atoms with Crippen molar-refractivity contribution in [2.45, 2.75) is 10.1 Å². The maximum atomic E-state index is 13.1. The molecule has 0 saturated heterocycles. The van der Waals surface area contributed by atoms with E-state index < -0.39 is 10.0 Å². The SMILES string of the molecule is O=C1C(Sc2nc[nH]n2)=C/C(=N\S(=O)(=O)c2ccc(-c3ccccc3)cc2)c2ccccc21. The molecule has 9 heteroatoms. The van der Waals surface area contributed by atoms with Gasteiger partial charge < -0.3 is 0 Å². The number of aromatic nitrogens is 3. The first-order chi connectivity index (χ1) is 16.0. The summed E-state index contributed by atoms with van der Waals surface area (Å²) < 4.78 is 30.3. The molecule has 0 saturated carbocycles. The van der Waals surface area contributed by atoms with Crippen molar-refractivity contribution >= 4 is 33.3 Å². The molecule has 1 N–H and O–H groups in total. The Morgan fingerprint density at radius 2 is 1.48 bits per heavy atom. The van der Waals surface area contributed by atoms with Crippen LogP contribution in [0.15, 0.2) is 111 Å². The number of rotatable bonds is 5. The van der Waals surface area contributed by atoms with Crippen LogP contribution in [0.3, 0.4) is 0 Å². The minimum atomic E-state index is -4.02. The number of H-pyrrole nitrogens is 1. The van der Waals surface area contributed by atoms with E-state index in [2.05, 4.69) is 19.6 Å². The van der Waals surface area contributed by atoms with Gasteiger partial charge in [-0.25, -0.2) is 4.98 Å². The third-order valence-corrected chi connectivity index (χ3v) is 7.22. The first kappa shape index (κ1) is 21.0. The van der Waals surface area contributed by atoms with Gasteiger partial charge in [0.15, 0.2) is 0 Å². The molecule has 0 atom stereocenters. The highest BCUT2D eigenvalue weighted by Gasteiger charge is 2.27. The first-order valence-electron chi connectivity index (χ1n) is 9.91. The van der Waals surface area contributed by atoms with Gasteiger partial charge in [-0.05, 0) is 41.1 Å². The number of carbonyl (C=O) groups excluding carboxylic acids is 1. The van der Waals surface area contributed by atoms with Crippen molar-refractivity contribution in [3.05, 3.63) is 107 Å². The van der Waals surface area contributed by atoms with Gasteiger partial charge in [-0.15, -0.1) is 5.10 Å². The second-order valence-electron chi connectivity index (χ2n) is 7.11. The minimum absolute atomic E-state index is 0.0700. The first-order valence-corrected chi connectivity index (χ1v) is 12.2. The summed E-state index contributed by atoms with van der Waals surface area (Å²) in [5, 5.41) is 6.91. The lowest BCUT2D eigenvalue weighted by molar-refractivity contribution is 0.104. The molecule has 0 bridgehead atoms. The van der Waals surface area contributed by atoms with Gasteiger partial charge in [0.2, 0.25) is 10.9 Å². The van der Waals surface area contributed by atoms with E-state index in [9.17, 15) is 13.2 Å². The van der Waals surface area contributed by atoms with Crippen LogP contribution in [0, 0.1) is 0 Å². The molecule has 3 aromatic carbocycles. The average molecular weight is 473 g/mol. The largest absolute Gasteiger partial charge is 0.288 e. The molecule has 0 spiro atoms. The Bertz CT molecular complexity index is 1490. The van der Waals surface area contributed by atoms with Crippen LogP contribution in [-0.4, -0.2) is 35.1 Å². The van der Waals surface area contributed by atoms with E-state index in [4.69, 9.17) is 0 Å². The Morgan fingerprint density at radius 3 is 2.18 bits per heavy atom. The minimum Gasteiger partial charge on any atom is -0.288 e. The second-order valence-corrected chi connectivity index (χ2v) is 9.72. The molecule has 1 aliphatic rings. The van der Waals surface area contributed by atoms with Gasteiger partial charge in [-0.3, -0.25) is 9.89 Å². The number of allylic oxidation sites excluding steroid dienone is 2. The van der Waals surface area contributed by atoms with Crippen LogP contribution in [0.25, 0.3) is 11.1 Å². The van der Waals surface area contributed by atoms with E-state index in [1.807, 2.05) is 30.3 Å². The van der Waals surface area contributed by atoms with Crippen molar-refractivity contribution in [3.8, 4) is 11.1 Å². The third-order valence-electron chi connectivity index (χ3n) is 5.01. The van der Waals surface area contributed by atoms with E-state index in [1.54, 1.807) is 36.4 Å². The van der Waals surface area contributed by atoms with Crippen LogP contribution in [0.4, 0.5) is 0 Å². The summed E-state index contributed by atoms with van der Waals surface area (Å²) in [7, 11) is -4.02. The summed E-state index contributed by atoms with van der Waals surface area (Å²) in [6.45, 7) is 0. The number of carbonyl (C=O) groups is 1. The smallest absolute Gasteiger partial charge is 0.282 e. The zero-order valence-corrected chi connectivity index (χ0v) is 18.7. The molecular formula is C24H16N4O3S2. The summed E-state index contributed by atoms with van der Waals surface area (Å²) in [5.74, 6) is -0.232. The summed E-state index contributed by atoms with van der Waals surface area (Å²) in [4.78, 5) is 17.3. The van der Waals surface area contributed by atoms with Gasteiger partial charge in [-0.1, -0.05) is 66.7 Å². The topological polar surface area (TPSA) is 105 Å². The molecule has 1 aromatic heterocycles. The van der Waals surface area contributed by atoms with Crippen LogP contribution >= 0.6 is 11.8 Å². The molecule has 162 valence electrons. The van der Waals surface area contributed by atoms with Crippen LogP contribution in [0.5, 0.6) is 0 Å². The molecule has 7 nitrogen and oxygen atoms in total. The Kier molecular flexibility index (Phi) is 5.49. The number of ketones is 1. The van der Waals surface area contributed by atoms with Crippen LogP contribution in [0.1, 0.15) is 15.9 Å². The zero-order valence-electron chi connectivity index (χ0n) is 17.0. The summed E-state index contributed by atoms with van der Waals surface area (Å²) in [6, 6.07) is 23.1. The van der Waals surface area contributed by atoms with Gasteiger partial charge in [0, 0.05) is 11.1 Å². The zero-order chi connectivity index (χ0) is 22.8. The maximum Gasteiger partial charge on any atom is 0.282 e. The number of benzene rings is 3. The van der Waals surface area contributed by atoms with Crippen molar-refractivity contribution in [2.75, 3.05) is 0 Å². The van der Waals surface area contributed by atoms with Crippen molar-refractivity contribution in [1.82, 2.24) is 15.2 Å². The van der Waals surface area contributed by atoms with Gasteiger partial charge in [0.25, 0.3) is 10.0 Å². The fraction of sp³-hybridized carbons (Fsp3) is 0. The van der Waals surface area contributed by atoms with E-state index in [0.717, 1.165) is 22.9 Å². The van der Waals surface area contributed by atoms with Crippen molar-refractivity contribution < 1.29 is 13.2 Å². The highest BCUT2D eigenvalue weighted by atomic mass is 32.2. The van der Waals surface area contributed by atoms with E-state index >= 15 is 0 Å². The predicted molar refractivity (Wildman–Crippen MR) is 127 cm³/mol. The fourth-order valence-electron chi connectivity index (χ4n) is 3.43. The highest BCUT2D eigenvalue weighted by molar-refractivity contribution is 8.04. The molecule has 0 unspecified atom stereocenters. The maximum absolute atomic E-state index is 13.1. The Morgan fingerprint density at radius 1 is 0.818 bits per heavy atom. The number of Topliss-reactive ketones (excluding diaryl/α,β-unsaturated/α-hetero) is 1. The van der Waals surface area contributed by atoms with Gasteiger partial charge >= 0.3 is 0 Å². The molecule has 1 heterocycles. The molecule has 0 amide bonds. The lowest BCUT2D eigenvalue weighted by Gasteiger charge is -2.16. The van der Waals surface area contributed by atoms with Gasteiger partial charge in [0.05, 0.1) is 15.5 Å². The lowest BCUT2D eigenvalue weighted by Crippen LogP contribution is -2.17. The number of hydrogen-bond donors (Lipinski definition) is 1. The third kappa shape index (κ3) is 4.28. The number of nitrogens with one attached hydrogen (secondary N) is 1. The summed E-state index contributed by atoms with van der Waals surface area (Å²) >= 11 is 1.05. The monoisotopic (exact) mass is 472 g/mol. The average Bonchev–Trinajstić information content (AvgIpc) is 3.36. The number of aromatic amines is 1. The van der Waals surface area contributed by atoms with Crippen LogP contribution in [-0.2, 0) is 10.0 Å².